The van der Waals surface area contributed by atoms with Gasteiger partial charge in [0.05, 0.1) is 18.4 Å². The molecule has 4 nitrogen and oxygen atoms in total. The zero-order valence-corrected chi connectivity index (χ0v) is 15.9. The Morgan fingerprint density at radius 2 is 2.17 bits per heavy atom. The number of nitrogens with zero attached hydrogens (tertiary/aromatic N) is 1. The lowest BCUT2D eigenvalue weighted by Gasteiger charge is -2.49. The summed E-state index contributed by atoms with van der Waals surface area (Å²) >= 11 is 0. The van der Waals surface area contributed by atoms with Gasteiger partial charge in [0, 0.05) is 20.1 Å². The summed E-state index contributed by atoms with van der Waals surface area (Å²) in [6, 6.07) is 3.80. The molecule has 1 amide bonds. The van der Waals surface area contributed by atoms with E-state index in [1.54, 1.807) is 13.2 Å². The van der Waals surface area contributed by atoms with Gasteiger partial charge in [-0.05, 0) is 56.1 Å². The molecule has 1 aromatic rings. The number of carbonyl (C=O) groups excluding carboxylic acids is 1. The molecular weight excluding hydrogens is 302 g/mol. The quantitative estimate of drug-likeness (QED) is 0.729. The van der Waals surface area contributed by atoms with Crippen molar-refractivity contribution in [3.05, 3.63) is 24.2 Å². The van der Waals surface area contributed by atoms with Crippen molar-refractivity contribution in [1.82, 2.24) is 4.90 Å². The number of carbonyl (C=O) groups is 1. The lowest BCUT2D eigenvalue weighted by molar-refractivity contribution is -0.139. The largest absolute Gasteiger partial charge is 0.467 e. The summed E-state index contributed by atoms with van der Waals surface area (Å²) < 4.78 is 11.5. The Hall–Kier alpha value is -1.29. The standard InChI is InChI=1S/C20H33NO3/c1-6-19(5)15-20(16(2)3,10-13-24-19)9-11-21(17(4)22)14-18-8-7-12-23-18/h7-8,12,16H,6,9-11,13-15H2,1-5H3/t19-,20-/m0/s1. The van der Waals surface area contributed by atoms with Crippen molar-refractivity contribution in [3.8, 4) is 0 Å². The third kappa shape index (κ3) is 4.41. The Labute approximate surface area is 146 Å². The minimum atomic E-state index is -0.0371. The van der Waals surface area contributed by atoms with E-state index in [9.17, 15) is 4.79 Å². The van der Waals surface area contributed by atoms with E-state index in [0.717, 1.165) is 44.6 Å². The molecule has 2 rings (SSSR count). The molecular formula is C20H33NO3. The first-order chi connectivity index (χ1) is 11.3. The summed E-state index contributed by atoms with van der Waals surface area (Å²) in [6.45, 7) is 12.8. The fraction of sp³-hybridized carbons (Fsp3) is 0.750. The highest BCUT2D eigenvalue weighted by Crippen LogP contribution is 2.48. The normalized spacial score (nSPS) is 27.4. The van der Waals surface area contributed by atoms with Crippen molar-refractivity contribution >= 4 is 5.91 Å². The molecule has 0 aliphatic carbocycles. The molecule has 2 atom stereocenters. The van der Waals surface area contributed by atoms with Gasteiger partial charge in [0.15, 0.2) is 0 Å². The van der Waals surface area contributed by atoms with Crippen LogP contribution in [0.25, 0.3) is 0 Å². The molecule has 1 fully saturated rings. The molecule has 1 aliphatic rings. The van der Waals surface area contributed by atoms with Crippen LogP contribution < -0.4 is 0 Å². The van der Waals surface area contributed by atoms with Gasteiger partial charge in [-0.2, -0.15) is 0 Å². The van der Waals surface area contributed by atoms with E-state index in [0.29, 0.717) is 12.5 Å². The van der Waals surface area contributed by atoms with Crippen molar-refractivity contribution < 1.29 is 13.9 Å². The van der Waals surface area contributed by atoms with E-state index < -0.39 is 0 Å². The van der Waals surface area contributed by atoms with Gasteiger partial charge in [-0.1, -0.05) is 20.8 Å². The van der Waals surface area contributed by atoms with Gasteiger partial charge in [-0.25, -0.2) is 0 Å². The van der Waals surface area contributed by atoms with Crippen LogP contribution in [0.15, 0.2) is 22.8 Å². The SMILES string of the molecule is CC[C@@]1(C)C[C@@](CCN(Cc2ccco2)C(C)=O)(C(C)C)CCO1. The van der Waals surface area contributed by atoms with Crippen molar-refractivity contribution in [1.29, 1.82) is 0 Å². The van der Waals surface area contributed by atoms with Crippen LogP contribution >= 0.6 is 0 Å². The van der Waals surface area contributed by atoms with Gasteiger partial charge in [0.25, 0.3) is 0 Å². The minimum Gasteiger partial charge on any atom is -0.467 e. The van der Waals surface area contributed by atoms with E-state index in [1.807, 2.05) is 17.0 Å². The van der Waals surface area contributed by atoms with E-state index >= 15 is 0 Å². The third-order valence-electron chi connectivity index (χ3n) is 6.00. The van der Waals surface area contributed by atoms with Gasteiger partial charge < -0.3 is 14.1 Å². The van der Waals surface area contributed by atoms with E-state index in [-0.39, 0.29) is 16.9 Å². The molecule has 0 radical (unpaired) electrons. The fourth-order valence-corrected chi connectivity index (χ4v) is 3.90. The van der Waals surface area contributed by atoms with Gasteiger partial charge >= 0.3 is 0 Å². The third-order valence-corrected chi connectivity index (χ3v) is 6.00. The molecule has 1 aliphatic heterocycles. The highest BCUT2D eigenvalue weighted by Gasteiger charge is 2.44. The van der Waals surface area contributed by atoms with Gasteiger partial charge in [-0.15, -0.1) is 0 Å². The van der Waals surface area contributed by atoms with E-state index in [2.05, 4.69) is 27.7 Å². The lowest BCUT2D eigenvalue weighted by atomic mass is 9.64. The van der Waals surface area contributed by atoms with Gasteiger partial charge in [-0.3, -0.25) is 4.79 Å². The Bertz CT molecular complexity index is 525. The Morgan fingerprint density at radius 1 is 1.42 bits per heavy atom. The van der Waals surface area contributed by atoms with Crippen molar-refractivity contribution in [2.45, 2.75) is 72.4 Å². The second-order valence-corrected chi connectivity index (χ2v) is 7.87. The predicted octanol–water partition coefficient (Wildman–Crippen LogP) is 4.64. The second kappa shape index (κ2) is 7.73. The van der Waals surface area contributed by atoms with Crippen molar-refractivity contribution in [2.24, 2.45) is 11.3 Å². The summed E-state index contributed by atoms with van der Waals surface area (Å²) in [5.74, 6) is 1.52. The topological polar surface area (TPSA) is 42.7 Å². The number of furan rings is 1. The monoisotopic (exact) mass is 335 g/mol. The van der Waals surface area contributed by atoms with E-state index in [4.69, 9.17) is 9.15 Å². The number of hydrogen-bond acceptors (Lipinski definition) is 3. The average molecular weight is 335 g/mol. The van der Waals surface area contributed by atoms with E-state index in [1.165, 1.54) is 0 Å². The van der Waals surface area contributed by atoms with Crippen LogP contribution in [0.3, 0.4) is 0 Å². The lowest BCUT2D eigenvalue weighted by Crippen LogP contribution is -2.47. The molecule has 136 valence electrons. The van der Waals surface area contributed by atoms with Crippen molar-refractivity contribution in [3.63, 3.8) is 0 Å². The fourth-order valence-electron chi connectivity index (χ4n) is 3.90. The molecule has 0 saturated carbocycles. The summed E-state index contributed by atoms with van der Waals surface area (Å²) in [6.07, 6.45) is 5.86. The summed E-state index contributed by atoms with van der Waals surface area (Å²) in [5.41, 5.74) is 0.199. The molecule has 0 spiro atoms. The first-order valence-electron chi connectivity index (χ1n) is 9.22. The average Bonchev–Trinajstić information content (AvgIpc) is 3.04. The molecule has 0 aromatic carbocycles. The highest BCUT2D eigenvalue weighted by molar-refractivity contribution is 5.73. The zero-order chi connectivity index (χ0) is 17.8. The maximum Gasteiger partial charge on any atom is 0.219 e. The van der Waals surface area contributed by atoms with Crippen LogP contribution in [0.1, 0.15) is 66.1 Å². The Morgan fingerprint density at radius 3 is 2.71 bits per heavy atom. The maximum atomic E-state index is 12.1. The molecule has 2 heterocycles. The summed E-state index contributed by atoms with van der Waals surface area (Å²) in [4.78, 5) is 14.0. The molecule has 0 N–H and O–H groups in total. The summed E-state index contributed by atoms with van der Waals surface area (Å²) in [5, 5.41) is 0. The zero-order valence-electron chi connectivity index (χ0n) is 15.9. The van der Waals surface area contributed by atoms with Gasteiger partial charge in [0.1, 0.15) is 5.76 Å². The minimum absolute atomic E-state index is 0.0371. The number of amides is 1. The number of rotatable bonds is 7. The molecule has 0 unspecified atom stereocenters. The predicted molar refractivity (Wildman–Crippen MR) is 95.6 cm³/mol. The highest BCUT2D eigenvalue weighted by atomic mass is 16.5. The van der Waals surface area contributed by atoms with Crippen LogP contribution in [-0.2, 0) is 16.1 Å². The molecule has 1 aromatic heterocycles. The Balaban J connectivity index is 2.07. The number of ether oxygens (including phenoxy) is 1. The molecule has 0 bridgehead atoms. The second-order valence-electron chi connectivity index (χ2n) is 7.87. The van der Waals surface area contributed by atoms with Crippen LogP contribution in [0.2, 0.25) is 0 Å². The summed E-state index contributed by atoms with van der Waals surface area (Å²) in [7, 11) is 0. The smallest absolute Gasteiger partial charge is 0.219 e. The maximum absolute atomic E-state index is 12.1. The van der Waals surface area contributed by atoms with Crippen LogP contribution in [0.4, 0.5) is 0 Å². The van der Waals surface area contributed by atoms with Crippen LogP contribution in [0.5, 0.6) is 0 Å². The van der Waals surface area contributed by atoms with Crippen molar-refractivity contribution in [2.75, 3.05) is 13.2 Å². The Kier molecular flexibility index (Phi) is 6.13. The van der Waals surface area contributed by atoms with Crippen LogP contribution in [0, 0.1) is 11.3 Å². The molecule has 4 heteroatoms. The first kappa shape index (κ1) is 19.0. The number of hydrogen-bond donors (Lipinski definition) is 0. The van der Waals surface area contributed by atoms with Crippen LogP contribution in [-0.4, -0.2) is 29.6 Å². The van der Waals surface area contributed by atoms with Gasteiger partial charge in [0.2, 0.25) is 5.91 Å². The molecule has 24 heavy (non-hydrogen) atoms. The molecule has 1 saturated heterocycles. The first-order valence-corrected chi connectivity index (χ1v) is 9.22.